The Labute approximate surface area is 212 Å². The number of carbonyl (C=O) groups excluding carboxylic acids is 1. The molecule has 1 aromatic heterocycles. The predicted molar refractivity (Wildman–Crippen MR) is 142 cm³/mol. The van der Waals surface area contributed by atoms with Crippen molar-refractivity contribution in [1.82, 2.24) is 0 Å². The van der Waals surface area contributed by atoms with Gasteiger partial charge in [-0.1, -0.05) is 58.8 Å². The van der Waals surface area contributed by atoms with E-state index in [0.717, 1.165) is 44.8 Å². The third kappa shape index (κ3) is 7.09. The Hall–Kier alpha value is -2.87. The molecule has 8 heteroatoms. The van der Waals surface area contributed by atoms with Crippen molar-refractivity contribution in [2.45, 2.75) is 76.5 Å². The van der Waals surface area contributed by atoms with E-state index in [9.17, 15) is 18.0 Å². The maximum absolute atomic E-state index is 13.4. The first kappa shape index (κ1) is 27.7. The number of esters is 1. The zero-order chi connectivity index (χ0) is 26.1. The molecule has 0 N–H and O–H groups in total. The Balaban J connectivity index is 1.94. The first-order valence-corrected chi connectivity index (χ1v) is 14.7. The first-order chi connectivity index (χ1) is 17.3. The Morgan fingerprint density at radius 3 is 2.25 bits per heavy atom. The molecule has 0 aliphatic heterocycles. The van der Waals surface area contributed by atoms with Crippen molar-refractivity contribution in [3.8, 4) is 5.75 Å². The lowest BCUT2D eigenvalue weighted by Gasteiger charge is -2.12. The minimum absolute atomic E-state index is 0.0221. The van der Waals surface area contributed by atoms with Crippen LogP contribution in [0.4, 0.5) is 0 Å². The van der Waals surface area contributed by atoms with Crippen LogP contribution in [0.5, 0.6) is 5.75 Å². The summed E-state index contributed by atoms with van der Waals surface area (Å²) >= 11 is 0. The summed E-state index contributed by atoms with van der Waals surface area (Å²) in [6.07, 6.45) is 10.3. The van der Waals surface area contributed by atoms with Gasteiger partial charge in [0.1, 0.15) is 5.58 Å². The average Bonchev–Trinajstić information content (AvgIpc) is 2.85. The van der Waals surface area contributed by atoms with E-state index >= 15 is 0 Å². The second kappa shape index (κ2) is 12.9. The number of rotatable bonds is 14. The molecule has 1 heterocycles. The fourth-order valence-electron chi connectivity index (χ4n) is 4.02. The Morgan fingerprint density at radius 1 is 0.861 bits per heavy atom. The molecular weight excluding hydrogens is 480 g/mol. The summed E-state index contributed by atoms with van der Waals surface area (Å²) in [5.74, 6) is -0.291. The van der Waals surface area contributed by atoms with Crippen LogP contribution in [0, 0.1) is 0 Å². The molecule has 0 saturated heterocycles. The normalized spacial score (nSPS) is 11.8. The van der Waals surface area contributed by atoms with Crippen LogP contribution in [0.2, 0.25) is 0 Å². The highest BCUT2D eigenvalue weighted by Gasteiger charge is 2.19. The number of sulfone groups is 1. The van der Waals surface area contributed by atoms with Crippen LogP contribution in [0.25, 0.3) is 21.9 Å². The Kier molecular flexibility index (Phi) is 9.93. The van der Waals surface area contributed by atoms with Crippen LogP contribution >= 0.6 is 0 Å². The Morgan fingerprint density at radius 2 is 1.53 bits per heavy atom. The van der Waals surface area contributed by atoms with Crippen molar-refractivity contribution >= 4 is 37.7 Å². The second-order valence-electron chi connectivity index (χ2n) is 9.17. The molecule has 2 aromatic carbocycles. The summed E-state index contributed by atoms with van der Waals surface area (Å²) in [6.45, 7) is 4.93. The highest BCUT2D eigenvalue weighted by atomic mass is 32.2. The van der Waals surface area contributed by atoms with Crippen molar-refractivity contribution in [1.29, 1.82) is 0 Å². The molecule has 196 valence electrons. The molecule has 0 saturated carbocycles. The van der Waals surface area contributed by atoms with Crippen LogP contribution in [-0.2, 0) is 14.6 Å². The van der Waals surface area contributed by atoms with Gasteiger partial charge in [-0.3, -0.25) is 4.79 Å². The molecule has 0 unspecified atom stereocenters. The van der Waals surface area contributed by atoms with Crippen LogP contribution in [0.3, 0.4) is 0 Å². The average molecular weight is 517 g/mol. The molecule has 0 spiro atoms. The van der Waals surface area contributed by atoms with E-state index in [1.165, 1.54) is 37.5 Å². The third-order valence-corrected chi connectivity index (χ3v) is 7.20. The van der Waals surface area contributed by atoms with Gasteiger partial charge in [0.05, 0.1) is 34.4 Å². The fraction of sp³-hybridized carbons (Fsp3) is 0.500. The topological polar surface area (TPSA) is 99.9 Å². The van der Waals surface area contributed by atoms with Gasteiger partial charge in [-0.15, -0.1) is 0 Å². The van der Waals surface area contributed by atoms with E-state index in [1.54, 1.807) is 12.1 Å². The van der Waals surface area contributed by atoms with E-state index in [1.807, 2.05) is 0 Å². The highest BCUT2D eigenvalue weighted by Crippen LogP contribution is 2.31. The molecule has 3 rings (SSSR count). The standard InChI is InChI=1S/C28H36O7S/c1-4-6-8-9-10-12-15-33-25-19-21(36(3,31)32)18-23-26(29)22-17-20(13-14-24(22)35-27(23)25)28(30)34-16-11-7-5-2/h13-14,17-19H,4-12,15-16H2,1-3H3. The molecule has 0 atom stereocenters. The number of fused-ring (bicyclic) bond motifs is 2. The lowest BCUT2D eigenvalue weighted by Crippen LogP contribution is -2.10. The number of hydrogen-bond donors (Lipinski definition) is 0. The molecule has 0 fully saturated rings. The van der Waals surface area contributed by atoms with Gasteiger partial charge in [-0.25, -0.2) is 13.2 Å². The van der Waals surface area contributed by atoms with Gasteiger partial charge in [-0.05, 0) is 37.1 Å². The van der Waals surface area contributed by atoms with Gasteiger partial charge in [0.25, 0.3) is 0 Å². The number of unbranched alkanes of at least 4 members (excludes halogenated alkanes) is 7. The second-order valence-corrected chi connectivity index (χ2v) is 11.2. The maximum Gasteiger partial charge on any atom is 0.338 e. The van der Waals surface area contributed by atoms with Crippen molar-refractivity contribution < 1.29 is 27.1 Å². The summed E-state index contributed by atoms with van der Waals surface area (Å²) in [5, 5.41) is 0.273. The minimum atomic E-state index is -3.60. The van der Waals surface area contributed by atoms with Crippen LogP contribution < -0.4 is 10.2 Å². The van der Waals surface area contributed by atoms with E-state index in [2.05, 4.69) is 13.8 Å². The van der Waals surface area contributed by atoms with Gasteiger partial charge in [0.2, 0.25) is 5.43 Å². The number of benzene rings is 2. The lowest BCUT2D eigenvalue weighted by atomic mass is 10.1. The zero-order valence-electron chi connectivity index (χ0n) is 21.4. The Bertz CT molecular complexity index is 1360. The first-order valence-electron chi connectivity index (χ1n) is 12.8. The molecule has 0 amide bonds. The molecule has 0 bridgehead atoms. The van der Waals surface area contributed by atoms with Gasteiger partial charge in [-0.2, -0.15) is 0 Å². The van der Waals surface area contributed by atoms with Crippen molar-refractivity contribution in [2.75, 3.05) is 19.5 Å². The molecule has 0 aliphatic carbocycles. The fourth-order valence-corrected chi connectivity index (χ4v) is 4.67. The smallest absolute Gasteiger partial charge is 0.338 e. The summed E-state index contributed by atoms with van der Waals surface area (Å²) in [5.41, 5.74) is 0.290. The summed E-state index contributed by atoms with van der Waals surface area (Å²) in [4.78, 5) is 25.8. The van der Waals surface area contributed by atoms with Gasteiger partial charge < -0.3 is 13.9 Å². The minimum Gasteiger partial charge on any atom is -0.490 e. The van der Waals surface area contributed by atoms with Crippen molar-refractivity contribution in [3.05, 3.63) is 46.1 Å². The largest absolute Gasteiger partial charge is 0.490 e. The van der Waals surface area contributed by atoms with E-state index < -0.39 is 21.2 Å². The molecule has 7 nitrogen and oxygen atoms in total. The maximum atomic E-state index is 13.4. The predicted octanol–water partition coefficient (Wildman–Crippen LogP) is 6.44. The summed E-state index contributed by atoms with van der Waals surface area (Å²) < 4.78 is 41.9. The SMILES string of the molecule is CCCCCCCCOc1cc(S(C)(=O)=O)cc2c(=O)c3cc(C(=O)OCCCCC)ccc3oc12. The number of ether oxygens (including phenoxy) is 2. The van der Waals surface area contributed by atoms with E-state index in [4.69, 9.17) is 13.9 Å². The molecule has 3 aromatic rings. The molecule has 0 radical (unpaired) electrons. The van der Waals surface area contributed by atoms with Crippen LogP contribution in [0.1, 0.15) is 82.0 Å². The van der Waals surface area contributed by atoms with E-state index in [0.29, 0.717) is 13.2 Å². The zero-order valence-corrected chi connectivity index (χ0v) is 22.2. The van der Waals surface area contributed by atoms with Gasteiger partial charge in [0.15, 0.2) is 21.2 Å². The highest BCUT2D eigenvalue weighted by molar-refractivity contribution is 7.90. The molecule has 0 aliphatic rings. The van der Waals surface area contributed by atoms with Crippen molar-refractivity contribution in [2.24, 2.45) is 0 Å². The number of carbonyl (C=O) groups is 1. The van der Waals surface area contributed by atoms with Gasteiger partial charge in [0, 0.05) is 12.3 Å². The monoisotopic (exact) mass is 516 g/mol. The van der Waals surface area contributed by atoms with E-state index in [-0.39, 0.29) is 38.1 Å². The third-order valence-electron chi connectivity index (χ3n) is 6.11. The van der Waals surface area contributed by atoms with Crippen LogP contribution in [-0.4, -0.2) is 33.9 Å². The molecular formula is C28H36O7S. The van der Waals surface area contributed by atoms with Gasteiger partial charge >= 0.3 is 5.97 Å². The number of hydrogen-bond acceptors (Lipinski definition) is 7. The summed E-state index contributed by atoms with van der Waals surface area (Å²) in [7, 11) is -3.60. The molecule has 36 heavy (non-hydrogen) atoms. The summed E-state index contributed by atoms with van der Waals surface area (Å²) in [6, 6.07) is 7.27. The lowest BCUT2D eigenvalue weighted by molar-refractivity contribution is 0.0498. The van der Waals surface area contributed by atoms with Crippen molar-refractivity contribution in [3.63, 3.8) is 0 Å². The van der Waals surface area contributed by atoms with Crippen LogP contribution in [0.15, 0.2) is 44.4 Å². The quantitative estimate of drug-likeness (QED) is 0.138.